The number of aromatic hydroxyl groups is 1. The molecule has 0 aliphatic heterocycles. The van der Waals surface area contributed by atoms with E-state index in [1.165, 1.54) is 24.4 Å². The number of carbonyl (C=O) groups excluding carboxylic acids is 1. The normalized spacial score (nSPS) is 10.7. The number of benzene rings is 1. The molecule has 1 amide bonds. The lowest BCUT2D eigenvalue weighted by Crippen LogP contribution is -2.17. The number of nitrogens with one attached hydrogen (secondary N) is 1. The van der Waals surface area contributed by atoms with Gasteiger partial charge in [-0.2, -0.15) is 5.10 Å². The molecule has 0 aliphatic carbocycles. The molecule has 0 bridgehead atoms. The van der Waals surface area contributed by atoms with Gasteiger partial charge < -0.3 is 5.11 Å². The number of phenols is 1. The minimum atomic E-state index is -0.490. The van der Waals surface area contributed by atoms with Crippen molar-refractivity contribution in [1.82, 2.24) is 5.43 Å². The number of hydrazone groups is 1. The summed E-state index contributed by atoms with van der Waals surface area (Å²) in [6, 6.07) is 7.44. The van der Waals surface area contributed by atoms with Gasteiger partial charge in [0.15, 0.2) is 0 Å². The van der Waals surface area contributed by atoms with Gasteiger partial charge in [-0.1, -0.05) is 17.4 Å². The zero-order valence-electron chi connectivity index (χ0n) is 10.9. The van der Waals surface area contributed by atoms with E-state index in [2.05, 4.69) is 10.5 Å². The van der Waals surface area contributed by atoms with E-state index in [9.17, 15) is 20.0 Å². The van der Waals surface area contributed by atoms with Crippen LogP contribution in [-0.2, 0) is 0 Å². The molecule has 7 nitrogen and oxygen atoms in total. The first-order valence-electron chi connectivity index (χ1n) is 5.84. The summed E-state index contributed by atoms with van der Waals surface area (Å²) >= 11 is 0.953. The van der Waals surface area contributed by atoms with Gasteiger partial charge >= 0.3 is 5.00 Å². The van der Waals surface area contributed by atoms with Gasteiger partial charge in [-0.05, 0) is 30.7 Å². The number of hydrogen-bond donors (Lipinski definition) is 2. The van der Waals surface area contributed by atoms with Crippen LogP contribution in [0, 0.1) is 17.0 Å². The van der Waals surface area contributed by atoms with Crippen LogP contribution in [0.4, 0.5) is 5.00 Å². The summed E-state index contributed by atoms with van der Waals surface area (Å²) in [5.74, 6) is -0.451. The lowest BCUT2D eigenvalue weighted by molar-refractivity contribution is -0.380. The predicted molar refractivity (Wildman–Crippen MR) is 78.9 cm³/mol. The van der Waals surface area contributed by atoms with Crippen LogP contribution >= 0.6 is 11.3 Å². The summed E-state index contributed by atoms with van der Waals surface area (Å²) in [5.41, 5.74) is 3.23. The number of nitro groups is 1. The van der Waals surface area contributed by atoms with E-state index in [4.69, 9.17) is 0 Å². The molecule has 2 aromatic rings. The minimum absolute atomic E-state index is 0.00577. The van der Waals surface area contributed by atoms with E-state index in [1.54, 1.807) is 19.1 Å². The maximum atomic E-state index is 11.8. The second-order valence-electron chi connectivity index (χ2n) is 4.13. The molecular formula is C13H11N3O4S. The summed E-state index contributed by atoms with van der Waals surface area (Å²) in [7, 11) is 0. The molecule has 0 saturated heterocycles. The molecule has 2 N–H and O–H groups in total. The smallest absolute Gasteiger partial charge is 0.324 e. The average Bonchev–Trinajstić information content (AvgIpc) is 2.91. The third kappa shape index (κ3) is 3.63. The SMILES string of the molecule is Cc1ccc(C(=O)N/N=C/c2ccc([N+](=O)[O-])s2)cc1O. The molecule has 1 heterocycles. The van der Waals surface area contributed by atoms with Crippen molar-refractivity contribution in [2.24, 2.45) is 5.10 Å². The number of phenolic OH excluding ortho intramolecular Hbond substituents is 1. The van der Waals surface area contributed by atoms with Gasteiger partial charge in [-0.15, -0.1) is 0 Å². The third-order valence-electron chi connectivity index (χ3n) is 2.62. The molecule has 0 fully saturated rings. The minimum Gasteiger partial charge on any atom is -0.508 e. The molecular weight excluding hydrogens is 294 g/mol. The molecule has 0 spiro atoms. The van der Waals surface area contributed by atoms with Crippen molar-refractivity contribution in [3.05, 3.63) is 56.5 Å². The number of aryl methyl sites for hydroxylation is 1. The van der Waals surface area contributed by atoms with Crippen LogP contribution in [0.25, 0.3) is 0 Å². The Morgan fingerprint density at radius 2 is 2.19 bits per heavy atom. The van der Waals surface area contributed by atoms with Gasteiger partial charge in [0.25, 0.3) is 5.91 Å². The van der Waals surface area contributed by atoms with Crippen LogP contribution in [0.2, 0.25) is 0 Å². The second-order valence-corrected chi connectivity index (χ2v) is 5.23. The maximum absolute atomic E-state index is 11.8. The highest BCUT2D eigenvalue weighted by Gasteiger charge is 2.09. The summed E-state index contributed by atoms with van der Waals surface area (Å²) < 4.78 is 0. The Kier molecular flexibility index (Phi) is 4.29. The highest BCUT2D eigenvalue weighted by molar-refractivity contribution is 7.16. The molecule has 0 unspecified atom stereocenters. The molecule has 21 heavy (non-hydrogen) atoms. The van der Waals surface area contributed by atoms with Gasteiger partial charge in [-0.25, -0.2) is 5.43 Å². The molecule has 0 saturated carbocycles. The monoisotopic (exact) mass is 305 g/mol. The number of hydrogen-bond acceptors (Lipinski definition) is 6. The number of nitrogens with zero attached hydrogens (tertiary/aromatic N) is 2. The fourth-order valence-corrected chi connectivity index (χ4v) is 2.17. The second kappa shape index (κ2) is 6.14. The standard InChI is InChI=1S/C13H11N3O4S/c1-8-2-3-9(6-11(8)17)13(18)15-14-7-10-4-5-12(21-10)16(19)20/h2-7,17H,1H3,(H,15,18)/b14-7+. The van der Waals surface area contributed by atoms with Crippen molar-refractivity contribution < 1.29 is 14.8 Å². The van der Waals surface area contributed by atoms with Crippen molar-refractivity contribution in [3.8, 4) is 5.75 Å². The number of thiophene rings is 1. The fourth-order valence-electron chi connectivity index (χ4n) is 1.48. The first-order valence-corrected chi connectivity index (χ1v) is 6.66. The third-order valence-corrected chi connectivity index (χ3v) is 3.59. The van der Waals surface area contributed by atoms with Crippen LogP contribution < -0.4 is 5.43 Å². The van der Waals surface area contributed by atoms with Gasteiger partial charge in [0.05, 0.1) is 16.0 Å². The summed E-state index contributed by atoms with van der Waals surface area (Å²) in [4.78, 5) is 22.3. The molecule has 1 aromatic heterocycles. The molecule has 0 atom stereocenters. The Bertz CT molecular complexity index is 724. The van der Waals surface area contributed by atoms with Crippen LogP contribution in [0.1, 0.15) is 20.8 Å². The van der Waals surface area contributed by atoms with Crippen LogP contribution in [0.3, 0.4) is 0 Å². The van der Waals surface area contributed by atoms with E-state index in [-0.39, 0.29) is 16.3 Å². The summed E-state index contributed by atoms with van der Waals surface area (Å²) in [5, 5.41) is 23.8. The summed E-state index contributed by atoms with van der Waals surface area (Å²) in [6.45, 7) is 1.72. The lowest BCUT2D eigenvalue weighted by atomic mass is 10.1. The first-order chi connectivity index (χ1) is 9.97. The van der Waals surface area contributed by atoms with E-state index >= 15 is 0 Å². The fraction of sp³-hybridized carbons (Fsp3) is 0.0769. The van der Waals surface area contributed by atoms with Crippen molar-refractivity contribution in [1.29, 1.82) is 0 Å². The van der Waals surface area contributed by atoms with E-state index in [1.807, 2.05) is 0 Å². The van der Waals surface area contributed by atoms with E-state index < -0.39 is 10.8 Å². The van der Waals surface area contributed by atoms with Gasteiger partial charge in [0, 0.05) is 11.6 Å². The highest BCUT2D eigenvalue weighted by atomic mass is 32.1. The zero-order chi connectivity index (χ0) is 15.4. The highest BCUT2D eigenvalue weighted by Crippen LogP contribution is 2.22. The van der Waals surface area contributed by atoms with Crippen molar-refractivity contribution >= 4 is 28.5 Å². The zero-order valence-corrected chi connectivity index (χ0v) is 11.8. The molecule has 2 rings (SSSR count). The molecule has 0 radical (unpaired) electrons. The van der Waals surface area contributed by atoms with Crippen LogP contribution in [0.5, 0.6) is 5.75 Å². The van der Waals surface area contributed by atoms with Crippen molar-refractivity contribution in [2.45, 2.75) is 6.92 Å². The van der Waals surface area contributed by atoms with Gasteiger partial charge in [-0.3, -0.25) is 14.9 Å². The van der Waals surface area contributed by atoms with Gasteiger partial charge in [0.1, 0.15) is 5.75 Å². The van der Waals surface area contributed by atoms with Crippen LogP contribution in [-0.4, -0.2) is 22.2 Å². The average molecular weight is 305 g/mol. The topological polar surface area (TPSA) is 105 Å². The first kappa shape index (κ1) is 14.7. The molecule has 108 valence electrons. The number of amides is 1. The van der Waals surface area contributed by atoms with Crippen molar-refractivity contribution in [2.75, 3.05) is 0 Å². The maximum Gasteiger partial charge on any atom is 0.324 e. The van der Waals surface area contributed by atoms with E-state index in [0.717, 1.165) is 11.3 Å². The Morgan fingerprint density at radius 1 is 1.43 bits per heavy atom. The predicted octanol–water partition coefficient (Wildman–Crippen LogP) is 2.43. The largest absolute Gasteiger partial charge is 0.508 e. The number of rotatable bonds is 4. The Hall–Kier alpha value is -2.74. The number of carbonyl (C=O) groups is 1. The summed E-state index contributed by atoms with van der Waals surface area (Å²) in [6.07, 6.45) is 1.32. The molecule has 1 aromatic carbocycles. The lowest BCUT2D eigenvalue weighted by Gasteiger charge is -2.02. The van der Waals surface area contributed by atoms with Crippen molar-refractivity contribution in [3.63, 3.8) is 0 Å². The molecule has 0 aliphatic rings. The Labute approximate surface area is 123 Å². The van der Waals surface area contributed by atoms with E-state index in [0.29, 0.717) is 10.4 Å². The Balaban J connectivity index is 2.01. The van der Waals surface area contributed by atoms with Gasteiger partial charge in [0.2, 0.25) is 0 Å². The Morgan fingerprint density at radius 3 is 2.81 bits per heavy atom. The quantitative estimate of drug-likeness (QED) is 0.514. The van der Waals surface area contributed by atoms with Crippen LogP contribution in [0.15, 0.2) is 35.4 Å². The molecule has 8 heteroatoms.